The molecule has 0 radical (unpaired) electrons. The maximum absolute atomic E-state index is 14.0. The molecule has 36 heavy (non-hydrogen) atoms. The quantitative estimate of drug-likeness (QED) is 0.291. The fraction of sp³-hybridized carbons (Fsp3) is 0.143. The molecule has 5 rings (SSSR count). The summed E-state index contributed by atoms with van der Waals surface area (Å²) in [6.45, 7) is 6.18. The van der Waals surface area contributed by atoms with Gasteiger partial charge in [-0.05, 0) is 52.0 Å². The molecule has 0 bridgehead atoms. The normalized spacial score (nSPS) is 11.2. The van der Waals surface area contributed by atoms with Crippen LogP contribution in [-0.4, -0.2) is 31.1 Å². The number of aromatic nitrogens is 4. The number of H-pyrrole nitrogens is 2. The third-order valence-electron chi connectivity index (χ3n) is 6.48. The molecule has 3 aromatic carbocycles. The van der Waals surface area contributed by atoms with E-state index in [1.807, 2.05) is 60.7 Å². The number of Topliss-reactive ketones (excluding diaryl/α,β-unsaturated/α-hetero) is 2. The van der Waals surface area contributed by atoms with Gasteiger partial charge in [0.15, 0.2) is 11.6 Å². The summed E-state index contributed by atoms with van der Waals surface area (Å²) in [4.78, 5) is 53.6. The molecule has 0 amide bonds. The third-order valence-corrected chi connectivity index (χ3v) is 6.48. The van der Waals surface area contributed by atoms with Crippen LogP contribution in [-0.2, 0) is 0 Å². The predicted molar refractivity (Wildman–Crippen MR) is 140 cm³/mol. The van der Waals surface area contributed by atoms with Crippen molar-refractivity contribution in [3.8, 4) is 11.4 Å². The topological polar surface area (TPSA) is 110 Å². The van der Waals surface area contributed by atoms with Crippen LogP contribution in [0.25, 0.3) is 33.2 Å². The van der Waals surface area contributed by atoms with E-state index >= 15 is 0 Å². The van der Waals surface area contributed by atoms with E-state index in [9.17, 15) is 19.2 Å². The minimum atomic E-state index is -0.531. The van der Waals surface area contributed by atoms with Crippen LogP contribution >= 0.6 is 0 Å². The fourth-order valence-electron chi connectivity index (χ4n) is 4.90. The monoisotopic (exact) mass is 480 g/mol. The summed E-state index contributed by atoms with van der Waals surface area (Å²) in [5.74, 6) is -0.691. The van der Waals surface area contributed by atoms with Gasteiger partial charge in [-0.1, -0.05) is 36.4 Å². The lowest BCUT2D eigenvalue weighted by Crippen LogP contribution is -2.26. The molecule has 0 aliphatic carbocycles. The van der Waals surface area contributed by atoms with Gasteiger partial charge in [0.25, 0.3) is 0 Å². The van der Waals surface area contributed by atoms with E-state index in [2.05, 4.69) is 10.2 Å². The summed E-state index contributed by atoms with van der Waals surface area (Å²) >= 11 is 0. The molecule has 0 aliphatic rings. The Morgan fingerprint density at radius 3 is 1.25 bits per heavy atom. The second kappa shape index (κ2) is 8.49. The van der Waals surface area contributed by atoms with Crippen LogP contribution in [0.1, 0.15) is 46.0 Å². The van der Waals surface area contributed by atoms with Gasteiger partial charge in [-0.25, -0.2) is 0 Å². The number of para-hydroxylation sites is 2. The lowest BCUT2D eigenvalue weighted by molar-refractivity contribution is 0.100. The molecule has 180 valence electrons. The SMILES string of the molecule is CC(=O)c1c(C)n(-c2ccccc2)[nH]c2c(=O)c3c(C(C)=O)c(C)n(-c4ccccc4)[nH]c3c(=O)c12. The van der Waals surface area contributed by atoms with Crippen molar-refractivity contribution >= 4 is 33.4 Å². The van der Waals surface area contributed by atoms with Crippen LogP contribution in [0.2, 0.25) is 0 Å². The lowest BCUT2D eigenvalue weighted by atomic mass is 9.97. The van der Waals surface area contributed by atoms with E-state index in [4.69, 9.17) is 0 Å². The van der Waals surface area contributed by atoms with Gasteiger partial charge >= 0.3 is 0 Å². The van der Waals surface area contributed by atoms with Crippen molar-refractivity contribution < 1.29 is 9.59 Å². The van der Waals surface area contributed by atoms with Crippen molar-refractivity contribution in [2.24, 2.45) is 0 Å². The lowest BCUT2D eigenvalue weighted by Gasteiger charge is -2.19. The number of fused-ring (bicyclic) bond motifs is 2. The summed E-state index contributed by atoms with van der Waals surface area (Å²) in [6, 6.07) is 18.3. The summed E-state index contributed by atoms with van der Waals surface area (Å²) in [7, 11) is 0. The number of aromatic amines is 2. The number of nitrogens with zero attached hydrogens (tertiary/aromatic N) is 2. The molecule has 0 saturated heterocycles. The molecule has 0 saturated carbocycles. The van der Waals surface area contributed by atoms with Gasteiger partial charge in [-0.15, -0.1) is 0 Å². The van der Waals surface area contributed by atoms with Crippen molar-refractivity contribution in [2.45, 2.75) is 27.7 Å². The van der Waals surface area contributed by atoms with Gasteiger partial charge < -0.3 is 0 Å². The minimum Gasteiger partial charge on any atom is -0.294 e. The molecule has 0 aliphatic heterocycles. The first-order chi connectivity index (χ1) is 17.2. The van der Waals surface area contributed by atoms with Crippen LogP contribution in [0.5, 0.6) is 0 Å². The summed E-state index contributed by atoms with van der Waals surface area (Å²) < 4.78 is 3.23. The van der Waals surface area contributed by atoms with Crippen molar-refractivity contribution in [2.75, 3.05) is 0 Å². The average molecular weight is 481 g/mol. The first-order valence-electron chi connectivity index (χ1n) is 11.5. The molecule has 2 N–H and O–H groups in total. The van der Waals surface area contributed by atoms with Gasteiger partial charge in [-0.3, -0.25) is 38.7 Å². The fourth-order valence-corrected chi connectivity index (χ4v) is 4.90. The van der Waals surface area contributed by atoms with E-state index in [1.54, 1.807) is 23.2 Å². The van der Waals surface area contributed by atoms with E-state index in [0.29, 0.717) is 22.8 Å². The zero-order valence-electron chi connectivity index (χ0n) is 20.3. The van der Waals surface area contributed by atoms with E-state index in [0.717, 1.165) is 0 Å². The van der Waals surface area contributed by atoms with Crippen molar-refractivity contribution in [1.29, 1.82) is 0 Å². The van der Waals surface area contributed by atoms with Crippen LogP contribution < -0.4 is 10.9 Å². The number of hydrogen-bond donors (Lipinski definition) is 2. The van der Waals surface area contributed by atoms with Crippen LogP contribution in [0.4, 0.5) is 0 Å². The molecule has 0 fully saturated rings. The second-order valence-corrected chi connectivity index (χ2v) is 8.76. The standard InChI is InChI=1S/C28H24N4O4/c1-15-21(17(3)33)23-25(29-31(15)19-11-7-5-8-12-19)28(36)24-22(18(4)34)16(2)32(30-26(24)27(23)35)20-13-9-6-10-14-20/h5-14,29-30H,1-4H3. The largest absolute Gasteiger partial charge is 0.294 e. The van der Waals surface area contributed by atoms with Crippen molar-refractivity contribution in [3.05, 3.63) is 104 Å². The molecule has 2 heterocycles. The number of hydrogen-bond acceptors (Lipinski definition) is 4. The Bertz CT molecular complexity index is 1700. The van der Waals surface area contributed by atoms with Crippen LogP contribution in [0.15, 0.2) is 70.3 Å². The Morgan fingerprint density at radius 2 is 0.944 bits per heavy atom. The summed E-state index contributed by atoms with van der Waals surface area (Å²) in [5, 5.41) is 6.12. The smallest absolute Gasteiger partial charge is 0.214 e. The Morgan fingerprint density at radius 1 is 0.611 bits per heavy atom. The molecule has 0 unspecified atom stereocenters. The van der Waals surface area contributed by atoms with E-state index in [1.165, 1.54) is 13.8 Å². The number of benzene rings is 3. The number of ketones is 2. The third kappa shape index (κ3) is 3.38. The second-order valence-electron chi connectivity index (χ2n) is 8.76. The van der Waals surface area contributed by atoms with Crippen LogP contribution in [0.3, 0.4) is 0 Å². The Hall–Kier alpha value is -4.72. The van der Waals surface area contributed by atoms with Crippen LogP contribution in [0, 0.1) is 13.8 Å². The summed E-state index contributed by atoms with van der Waals surface area (Å²) in [6.07, 6.45) is 0. The number of rotatable bonds is 4. The van der Waals surface area contributed by atoms with Crippen molar-refractivity contribution in [1.82, 2.24) is 19.6 Å². The molecule has 2 aromatic heterocycles. The van der Waals surface area contributed by atoms with Gasteiger partial charge in [0.1, 0.15) is 11.0 Å². The molecule has 0 spiro atoms. The molecular formula is C28H24N4O4. The first-order valence-corrected chi connectivity index (χ1v) is 11.5. The first kappa shape index (κ1) is 23.0. The maximum Gasteiger partial charge on any atom is 0.214 e. The minimum absolute atomic E-state index is 0.00102. The van der Waals surface area contributed by atoms with E-state index < -0.39 is 10.9 Å². The number of carbonyl (C=O) groups is 2. The Balaban J connectivity index is 2.05. The molecule has 8 heteroatoms. The summed E-state index contributed by atoms with van der Waals surface area (Å²) in [5.41, 5.74) is 1.56. The maximum atomic E-state index is 14.0. The zero-order valence-corrected chi connectivity index (χ0v) is 20.3. The molecule has 5 aromatic rings. The number of carbonyl (C=O) groups excluding carboxylic acids is 2. The Labute approximate surface area is 205 Å². The highest BCUT2D eigenvalue weighted by Crippen LogP contribution is 2.25. The van der Waals surface area contributed by atoms with E-state index in [-0.39, 0.29) is 44.5 Å². The highest BCUT2D eigenvalue weighted by Gasteiger charge is 2.25. The Kier molecular flexibility index (Phi) is 5.44. The predicted octanol–water partition coefficient (Wildman–Crippen LogP) is 4.54. The zero-order chi connectivity index (χ0) is 25.7. The number of nitrogens with one attached hydrogen (secondary N) is 2. The van der Waals surface area contributed by atoms with Gasteiger partial charge in [0, 0.05) is 11.4 Å². The molecular weight excluding hydrogens is 456 g/mol. The van der Waals surface area contributed by atoms with Gasteiger partial charge in [0.2, 0.25) is 10.9 Å². The highest BCUT2D eigenvalue weighted by atomic mass is 16.1. The molecule has 8 nitrogen and oxygen atoms in total. The van der Waals surface area contributed by atoms with Gasteiger partial charge in [0.05, 0.1) is 33.3 Å². The highest BCUT2D eigenvalue weighted by molar-refractivity contribution is 6.13. The van der Waals surface area contributed by atoms with Gasteiger partial charge in [-0.2, -0.15) is 0 Å². The molecule has 0 atom stereocenters. The average Bonchev–Trinajstić information content (AvgIpc) is 2.87. The van der Waals surface area contributed by atoms with Crippen molar-refractivity contribution in [3.63, 3.8) is 0 Å².